The van der Waals surface area contributed by atoms with Crippen molar-refractivity contribution in [2.45, 2.75) is 65.7 Å². The van der Waals surface area contributed by atoms with E-state index in [-0.39, 0.29) is 0 Å². The van der Waals surface area contributed by atoms with Crippen molar-refractivity contribution < 1.29 is 0 Å². The van der Waals surface area contributed by atoms with Gasteiger partial charge in [-0.05, 0) is 55.7 Å². The minimum absolute atomic E-state index is 0.882. The van der Waals surface area contributed by atoms with Gasteiger partial charge < -0.3 is 0 Å². The smallest absolute Gasteiger partial charge is 0.125 e. The van der Waals surface area contributed by atoms with Crippen molar-refractivity contribution >= 4 is 0 Å². The summed E-state index contributed by atoms with van der Waals surface area (Å²) in [5.41, 5.74) is 5.40. The van der Waals surface area contributed by atoms with Crippen LogP contribution in [0, 0.1) is 6.92 Å². The van der Waals surface area contributed by atoms with Crippen molar-refractivity contribution in [2.24, 2.45) is 0 Å². The Morgan fingerprint density at radius 3 is 2.14 bits per heavy atom. The van der Waals surface area contributed by atoms with Crippen molar-refractivity contribution in [2.75, 3.05) is 0 Å². The zero-order valence-corrected chi connectivity index (χ0v) is 14.2. The molecule has 0 bridgehead atoms. The minimum atomic E-state index is 0.882. The molecule has 2 nitrogen and oxygen atoms in total. The number of rotatable bonds is 8. The van der Waals surface area contributed by atoms with Crippen LogP contribution in [0.1, 0.15) is 61.3 Å². The Bertz CT molecular complexity index is 573. The van der Waals surface area contributed by atoms with Crippen LogP contribution in [0.3, 0.4) is 0 Å². The van der Waals surface area contributed by atoms with Crippen LogP contribution in [0.4, 0.5) is 0 Å². The van der Waals surface area contributed by atoms with E-state index >= 15 is 0 Å². The van der Waals surface area contributed by atoms with Gasteiger partial charge in [0.2, 0.25) is 0 Å². The van der Waals surface area contributed by atoms with Gasteiger partial charge in [-0.25, -0.2) is 9.97 Å². The molecule has 2 heteroatoms. The zero-order chi connectivity index (χ0) is 15.8. The molecule has 1 aromatic heterocycles. The van der Waals surface area contributed by atoms with E-state index in [2.05, 4.69) is 48.1 Å². The Balaban J connectivity index is 1.97. The largest absolute Gasteiger partial charge is 0.241 e. The first-order chi connectivity index (χ1) is 10.7. The lowest BCUT2D eigenvalue weighted by molar-refractivity contribution is 0.793. The van der Waals surface area contributed by atoms with Gasteiger partial charge in [-0.2, -0.15) is 0 Å². The van der Waals surface area contributed by atoms with Gasteiger partial charge in [-0.15, -0.1) is 0 Å². The highest BCUT2D eigenvalue weighted by molar-refractivity contribution is 5.25. The number of benzene rings is 1. The third-order valence-corrected chi connectivity index (χ3v) is 4.09. The van der Waals surface area contributed by atoms with Gasteiger partial charge in [0, 0.05) is 11.9 Å². The van der Waals surface area contributed by atoms with Crippen LogP contribution in [-0.4, -0.2) is 9.97 Å². The molecule has 0 aliphatic rings. The first kappa shape index (κ1) is 16.7. The molecule has 0 N–H and O–H groups in total. The molecule has 2 aromatic rings. The maximum Gasteiger partial charge on any atom is 0.125 e. The van der Waals surface area contributed by atoms with Crippen LogP contribution in [0.15, 0.2) is 30.5 Å². The minimum Gasteiger partial charge on any atom is -0.241 e. The van der Waals surface area contributed by atoms with E-state index in [0.717, 1.165) is 31.5 Å². The van der Waals surface area contributed by atoms with Crippen LogP contribution in [0.5, 0.6) is 0 Å². The van der Waals surface area contributed by atoms with E-state index in [4.69, 9.17) is 0 Å². The van der Waals surface area contributed by atoms with Gasteiger partial charge in [0.15, 0.2) is 0 Å². The zero-order valence-electron chi connectivity index (χ0n) is 14.2. The van der Waals surface area contributed by atoms with Gasteiger partial charge in [0.05, 0.1) is 0 Å². The average Bonchev–Trinajstić information content (AvgIpc) is 2.53. The monoisotopic (exact) mass is 296 g/mol. The molecule has 1 heterocycles. The molecule has 0 spiro atoms. The highest BCUT2D eigenvalue weighted by Gasteiger charge is 2.05. The quantitative estimate of drug-likeness (QED) is 0.695. The van der Waals surface area contributed by atoms with E-state index in [1.165, 1.54) is 41.6 Å². The van der Waals surface area contributed by atoms with Gasteiger partial charge in [-0.1, -0.05) is 51.0 Å². The standard InChI is InChI=1S/C20H28N2/c1-4-6-8-17-9-11-18(12-10-17)13-14-19-15-21-16(3)22-20(19)7-5-2/h9-12,15H,4-8,13-14H2,1-3H3. The number of aromatic nitrogens is 2. The third kappa shape index (κ3) is 4.94. The van der Waals surface area contributed by atoms with Crippen molar-refractivity contribution in [3.05, 3.63) is 58.7 Å². The molecule has 0 saturated carbocycles. The molecule has 1 aromatic carbocycles. The summed E-state index contributed by atoms with van der Waals surface area (Å²) in [6.45, 7) is 6.42. The molecule has 0 unspecified atom stereocenters. The molecule has 2 rings (SSSR count). The molecule has 0 atom stereocenters. The average molecular weight is 296 g/mol. The summed E-state index contributed by atoms with van der Waals surface area (Å²) in [5.74, 6) is 0.882. The van der Waals surface area contributed by atoms with Crippen LogP contribution in [0.2, 0.25) is 0 Å². The number of aryl methyl sites for hydroxylation is 5. The van der Waals surface area contributed by atoms with Crippen LogP contribution in [-0.2, 0) is 25.7 Å². The molecule has 0 aliphatic carbocycles. The van der Waals surface area contributed by atoms with Crippen LogP contribution < -0.4 is 0 Å². The Kier molecular flexibility index (Phi) is 6.57. The summed E-state index contributed by atoms with van der Waals surface area (Å²) >= 11 is 0. The van der Waals surface area contributed by atoms with Crippen LogP contribution in [0.25, 0.3) is 0 Å². The van der Waals surface area contributed by atoms with Crippen molar-refractivity contribution in [3.63, 3.8) is 0 Å². The van der Waals surface area contributed by atoms with E-state index in [1.54, 1.807) is 0 Å². The van der Waals surface area contributed by atoms with Crippen molar-refractivity contribution in [1.29, 1.82) is 0 Å². The first-order valence-corrected chi connectivity index (χ1v) is 8.62. The van der Waals surface area contributed by atoms with Gasteiger partial charge in [0.25, 0.3) is 0 Å². The van der Waals surface area contributed by atoms with E-state index in [9.17, 15) is 0 Å². The number of nitrogens with zero attached hydrogens (tertiary/aromatic N) is 2. The van der Waals surface area contributed by atoms with Gasteiger partial charge in [0.1, 0.15) is 5.82 Å². The van der Waals surface area contributed by atoms with Crippen LogP contribution >= 0.6 is 0 Å². The summed E-state index contributed by atoms with van der Waals surface area (Å²) < 4.78 is 0. The normalized spacial score (nSPS) is 10.9. The molecule has 0 aliphatic heterocycles. The lowest BCUT2D eigenvalue weighted by Crippen LogP contribution is -2.03. The van der Waals surface area contributed by atoms with Gasteiger partial charge >= 0.3 is 0 Å². The summed E-state index contributed by atoms with van der Waals surface area (Å²) in [6, 6.07) is 9.12. The second-order valence-electron chi connectivity index (χ2n) is 6.06. The SMILES string of the molecule is CCCCc1ccc(CCc2cnc(C)nc2CCC)cc1. The lowest BCUT2D eigenvalue weighted by atomic mass is 10.0. The Morgan fingerprint density at radius 1 is 0.818 bits per heavy atom. The summed E-state index contributed by atoms with van der Waals surface area (Å²) in [5, 5.41) is 0. The van der Waals surface area contributed by atoms with Crippen molar-refractivity contribution in [3.8, 4) is 0 Å². The van der Waals surface area contributed by atoms with E-state index in [1.807, 2.05) is 13.1 Å². The van der Waals surface area contributed by atoms with Gasteiger partial charge in [-0.3, -0.25) is 0 Å². The fourth-order valence-corrected chi connectivity index (χ4v) is 2.74. The summed E-state index contributed by atoms with van der Waals surface area (Å²) in [6.07, 6.45) is 10.0. The number of hydrogen-bond acceptors (Lipinski definition) is 2. The highest BCUT2D eigenvalue weighted by Crippen LogP contribution is 2.14. The van der Waals surface area contributed by atoms with Crippen molar-refractivity contribution in [1.82, 2.24) is 9.97 Å². The second kappa shape index (κ2) is 8.67. The lowest BCUT2D eigenvalue weighted by Gasteiger charge is -2.09. The van der Waals surface area contributed by atoms with E-state index < -0.39 is 0 Å². The Labute approximate surface area is 135 Å². The molecular formula is C20H28N2. The summed E-state index contributed by atoms with van der Waals surface area (Å²) in [7, 11) is 0. The number of hydrogen-bond donors (Lipinski definition) is 0. The predicted molar refractivity (Wildman–Crippen MR) is 93.2 cm³/mol. The summed E-state index contributed by atoms with van der Waals surface area (Å²) in [4.78, 5) is 8.98. The molecule has 0 radical (unpaired) electrons. The first-order valence-electron chi connectivity index (χ1n) is 8.62. The topological polar surface area (TPSA) is 25.8 Å². The Morgan fingerprint density at radius 2 is 1.50 bits per heavy atom. The molecule has 0 fully saturated rings. The maximum absolute atomic E-state index is 4.61. The second-order valence-corrected chi connectivity index (χ2v) is 6.06. The molecule has 0 saturated heterocycles. The Hall–Kier alpha value is -1.70. The highest BCUT2D eigenvalue weighted by atomic mass is 14.9. The molecule has 0 amide bonds. The number of unbranched alkanes of at least 4 members (excludes halogenated alkanes) is 1. The van der Waals surface area contributed by atoms with E-state index in [0.29, 0.717) is 0 Å². The molecule has 118 valence electrons. The fraction of sp³-hybridized carbons (Fsp3) is 0.500. The fourth-order valence-electron chi connectivity index (χ4n) is 2.74. The third-order valence-electron chi connectivity index (χ3n) is 4.09. The maximum atomic E-state index is 4.61. The molecular weight excluding hydrogens is 268 g/mol. The molecule has 22 heavy (non-hydrogen) atoms. The predicted octanol–water partition coefficient (Wildman–Crippen LogP) is 4.87.